The molecule has 36 heavy (non-hydrogen) atoms. The van der Waals surface area contributed by atoms with Crippen LogP contribution >= 0.6 is 11.3 Å². The van der Waals surface area contributed by atoms with Gasteiger partial charge in [-0.2, -0.15) is 0 Å². The predicted molar refractivity (Wildman–Crippen MR) is 137 cm³/mol. The van der Waals surface area contributed by atoms with Crippen molar-refractivity contribution in [1.29, 1.82) is 0 Å². The summed E-state index contributed by atoms with van der Waals surface area (Å²) in [7, 11) is 0.476. The zero-order valence-corrected chi connectivity index (χ0v) is 22.0. The molecule has 1 aliphatic carbocycles. The maximum atomic E-state index is 13.1. The van der Waals surface area contributed by atoms with Crippen LogP contribution in [0.25, 0.3) is 10.6 Å². The van der Waals surface area contributed by atoms with E-state index in [0.29, 0.717) is 60.2 Å². The van der Waals surface area contributed by atoms with Gasteiger partial charge in [-0.15, -0.1) is 11.3 Å². The summed E-state index contributed by atoms with van der Waals surface area (Å²) in [5, 5.41) is 2.94. The van der Waals surface area contributed by atoms with Crippen molar-refractivity contribution >= 4 is 33.0 Å². The molecule has 13 heteroatoms. The number of nitrogens with zero attached hydrogens (tertiary/aromatic N) is 5. The number of pyridine rings is 1. The van der Waals surface area contributed by atoms with E-state index >= 15 is 0 Å². The Kier molecular flexibility index (Phi) is 8.11. The van der Waals surface area contributed by atoms with Gasteiger partial charge >= 0.3 is 0 Å². The Morgan fingerprint density at radius 2 is 2.06 bits per heavy atom. The third kappa shape index (κ3) is 6.74. The van der Waals surface area contributed by atoms with E-state index < -0.39 is 16.1 Å². The summed E-state index contributed by atoms with van der Waals surface area (Å²) < 4.78 is 32.8. The molecule has 1 amide bonds. The van der Waals surface area contributed by atoms with Crippen molar-refractivity contribution in [2.45, 2.75) is 37.5 Å². The minimum absolute atomic E-state index is 0.272. The smallest absolute Gasteiger partial charge is 0.280 e. The van der Waals surface area contributed by atoms with E-state index in [1.54, 1.807) is 30.7 Å². The largest absolute Gasteiger partial charge is 0.477 e. The van der Waals surface area contributed by atoms with E-state index in [0.717, 1.165) is 0 Å². The van der Waals surface area contributed by atoms with Crippen LogP contribution in [-0.2, 0) is 10.0 Å². The fourth-order valence-electron chi connectivity index (χ4n) is 3.41. The van der Waals surface area contributed by atoms with Crippen molar-refractivity contribution in [3.63, 3.8) is 0 Å². The summed E-state index contributed by atoms with van der Waals surface area (Å²) in [5.41, 5.74) is 1.56. The summed E-state index contributed by atoms with van der Waals surface area (Å²) in [6.07, 6.45) is 8.17. The molecule has 1 aliphatic rings. The van der Waals surface area contributed by atoms with Gasteiger partial charge < -0.3 is 15.0 Å². The van der Waals surface area contributed by atoms with Crippen molar-refractivity contribution in [1.82, 2.24) is 30.2 Å². The Bertz CT molecular complexity index is 1310. The van der Waals surface area contributed by atoms with Gasteiger partial charge in [-0.3, -0.25) is 19.5 Å². The molecule has 2 N–H and O–H groups in total. The summed E-state index contributed by atoms with van der Waals surface area (Å²) >= 11 is 1.20. The molecule has 0 bridgehead atoms. The number of thiazole rings is 1. The first kappa shape index (κ1) is 25.9. The molecular formula is C23H29N7O4S2. The topological polar surface area (TPSA) is 139 Å². The van der Waals surface area contributed by atoms with Crippen LogP contribution in [0.1, 0.15) is 47.7 Å². The molecule has 4 rings (SSSR count). The number of hydrogen-bond donors (Lipinski definition) is 2. The van der Waals surface area contributed by atoms with Crippen LogP contribution in [0.5, 0.6) is 5.88 Å². The molecule has 0 aromatic carbocycles. The van der Waals surface area contributed by atoms with E-state index in [1.165, 1.54) is 17.5 Å². The summed E-state index contributed by atoms with van der Waals surface area (Å²) in [5.74, 6) is 0.0520. The second-order valence-electron chi connectivity index (χ2n) is 8.64. The van der Waals surface area contributed by atoms with Gasteiger partial charge in [0.25, 0.3) is 5.91 Å². The highest BCUT2D eigenvalue weighted by Gasteiger charge is 2.35. The fraction of sp³-hybridized carbons (Fsp3) is 0.435. The van der Waals surface area contributed by atoms with Gasteiger partial charge in [0.15, 0.2) is 5.01 Å². The average Bonchev–Trinajstić information content (AvgIpc) is 3.60. The van der Waals surface area contributed by atoms with Crippen LogP contribution in [0.15, 0.2) is 36.9 Å². The number of ether oxygens (including phenoxy) is 1. The predicted octanol–water partition coefficient (Wildman–Crippen LogP) is 2.72. The number of carbonyl (C=O) groups is 1. The maximum absolute atomic E-state index is 13.1. The first-order valence-corrected chi connectivity index (χ1v) is 14.0. The van der Waals surface area contributed by atoms with Gasteiger partial charge in [0.05, 0.1) is 46.6 Å². The zero-order valence-electron chi connectivity index (χ0n) is 20.3. The Morgan fingerprint density at radius 1 is 1.25 bits per heavy atom. The Balaban J connectivity index is 1.51. The third-order valence-corrected chi connectivity index (χ3v) is 8.28. The number of rotatable bonds is 12. The van der Waals surface area contributed by atoms with E-state index in [1.807, 2.05) is 25.9 Å². The molecule has 0 aliphatic heterocycles. The molecule has 0 spiro atoms. The van der Waals surface area contributed by atoms with Crippen molar-refractivity contribution < 1.29 is 17.9 Å². The Labute approximate surface area is 214 Å². The standard InChI is InChI=1S/C23H29N7O4S2/c1-4-34-21-14-24-12-19(27-21)20-13-26-23(35-20)22(31)28-17(8-10-30(2)3)18-11-15(7-9-25-18)29-36(32,33)16-5-6-16/h7,9,11-14,16-17H,4-6,8,10H2,1-3H3,(H,25,29)(H,28,31)/t17-/m1/s1. The van der Waals surface area contributed by atoms with E-state index in [-0.39, 0.29) is 16.2 Å². The molecule has 1 atom stereocenters. The Hall–Kier alpha value is -3.16. The zero-order chi connectivity index (χ0) is 25.7. The quantitative estimate of drug-likeness (QED) is 0.361. The van der Waals surface area contributed by atoms with E-state index in [9.17, 15) is 13.2 Å². The lowest BCUT2D eigenvalue weighted by Crippen LogP contribution is -2.31. The number of nitrogens with one attached hydrogen (secondary N) is 2. The second-order valence-corrected chi connectivity index (χ2v) is 11.6. The minimum atomic E-state index is -3.41. The van der Waals surface area contributed by atoms with E-state index in [4.69, 9.17) is 4.74 Å². The van der Waals surface area contributed by atoms with Crippen molar-refractivity contribution in [2.24, 2.45) is 0 Å². The molecule has 1 saturated carbocycles. The van der Waals surface area contributed by atoms with Gasteiger partial charge in [0, 0.05) is 12.4 Å². The highest BCUT2D eigenvalue weighted by molar-refractivity contribution is 7.93. The molecule has 11 nitrogen and oxygen atoms in total. The normalized spacial score (nSPS) is 14.4. The molecule has 0 radical (unpaired) electrons. The third-order valence-electron chi connectivity index (χ3n) is 5.39. The van der Waals surface area contributed by atoms with Crippen LogP contribution in [0.4, 0.5) is 5.69 Å². The van der Waals surface area contributed by atoms with Crippen molar-refractivity contribution in [3.05, 3.63) is 47.6 Å². The molecule has 0 saturated heterocycles. The van der Waals surface area contributed by atoms with Crippen LogP contribution in [0.2, 0.25) is 0 Å². The number of anilines is 1. The van der Waals surface area contributed by atoms with Gasteiger partial charge in [-0.25, -0.2) is 18.4 Å². The monoisotopic (exact) mass is 531 g/mol. The number of carbonyl (C=O) groups excluding carboxylic acids is 1. The SMILES string of the molecule is CCOc1cncc(-c2cnc(C(=O)N[C@H](CCN(C)C)c3cc(NS(=O)(=O)C4CC4)ccn3)s2)n1. The number of aromatic nitrogens is 4. The van der Waals surface area contributed by atoms with Gasteiger partial charge in [-0.05, 0) is 59.0 Å². The molecular weight excluding hydrogens is 502 g/mol. The van der Waals surface area contributed by atoms with Crippen molar-refractivity contribution in [3.8, 4) is 16.5 Å². The molecule has 3 aromatic rings. The maximum Gasteiger partial charge on any atom is 0.280 e. The molecule has 0 unspecified atom stereocenters. The molecule has 3 aromatic heterocycles. The summed E-state index contributed by atoms with van der Waals surface area (Å²) in [4.78, 5) is 33.1. The van der Waals surface area contributed by atoms with Crippen LogP contribution in [-0.4, -0.2) is 71.7 Å². The first-order chi connectivity index (χ1) is 17.2. The Morgan fingerprint density at radius 3 is 2.78 bits per heavy atom. The van der Waals surface area contributed by atoms with Crippen molar-refractivity contribution in [2.75, 3.05) is 32.0 Å². The molecule has 3 heterocycles. The highest BCUT2D eigenvalue weighted by Crippen LogP contribution is 2.30. The lowest BCUT2D eigenvalue weighted by Gasteiger charge is -2.20. The van der Waals surface area contributed by atoms with Crippen LogP contribution in [0, 0.1) is 0 Å². The van der Waals surface area contributed by atoms with Gasteiger partial charge in [0.1, 0.15) is 5.69 Å². The van der Waals surface area contributed by atoms with E-state index in [2.05, 4.69) is 30.0 Å². The fourth-order valence-corrected chi connectivity index (χ4v) is 5.56. The summed E-state index contributed by atoms with van der Waals surface area (Å²) in [6.45, 7) is 3.02. The summed E-state index contributed by atoms with van der Waals surface area (Å²) in [6, 6.07) is 2.83. The molecule has 1 fully saturated rings. The highest BCUT2D eigenvalue weighted by atomic mass is 32.2. The number of amides is 1. The first-order valence-electron chi connectivity index (χ1n) is 11.6. The number of sulfonamides is 1. The molecule has 192 valence electrons. The lowest BCUT2D eigenvalue weighted by molar-refractivity contribution is 0.0931. The van der Waals surface area contributed by atoms with Crippen LogP contribution < -0.4 is 14.8 Å². The second kappa shape index (κ2) is 11.3. The van der Waals surface area contributed by atoms with Gasteiger partial charge in [-0.1, -0.05) is 0 Å². The minimum Gasteiger partial charge on any atom is -0.477 e. The van der Waals surface area contributed by atoms with Gasteiger partial charge in [0.2, 0.25) is 15.9 Å². The number of hydrogen-bond acceptors (Lipinski definition) is 10. The lowest BCUT2D eigenvalue weighted by atomic mass is 10.1. The van der Waals surface area contributed by atoms with Crippen LogP contribution in [0.3, 0.4) is 0 Å². The average molecular weight is 532 g/mol.